The summed E-state index contributed by atoms with van der Waals surface area (Å²) < 4.78 is 5.19. The van der Waals surface area contributed by atoms with Gasteiger partial charge in [0.25, 0.3) is 0 Å². The molecule has 0 aliphatic carbocycles. The van der Waals surface area contributed by atoms with Gasteiger partial charge in [0.2, 0.25) is 5.91 Å². The second-order valence-corrected chi connectivity index (χ2v) is 4.87. The van der Waals surface area contributed by atoms with Crippen LogP contribution >= 0.6 is 0 Å². The lowest BCUT2D eigenvalue weighted by molar-refractivity contribution is -0.141. The summed E-state index contributed by atoms with van der Waals surface area (Å²) in [6, 6.07) is 2.87. The Morgan fingerprint density at radius 1 is 1.35 bits per heavy atom. The molecule has 1 unspecified atom stereocenters. The maximum Gasteiger partial charge on any atom is 0.325 e. The number of carboxylic acids is 1. The van der Waals surface area contributed by atoms with Gasteiger partial charge in [-0.25, -0.2) is 0 Å². The number of aliphatic carboxylic acids is 1. The maximum absolute atomic E-state index is 11.8. The Morgan fingerprint density at radius 2 is 2.00 bits per heavy atom. The zero-order chi connectivity index (χ0) is 14.9. The highest BCUT2D eigenvalue weighted by molar-refractivity contribution is 5.89. The van der Waals surface area contributed by atoms with Crippen LogP contribution in [-0.4, -0.2) is 28.2 Å². The number of hydrogen-bond donors (Lipinski definition) is 2. The van der Waals surface area contributed by atoms with E-state index in [1.54, 1.807) is 0 Å². The first-order valence-electron chi connectivity index (χ1n) is 6.26. The molecule has 1 aromatic carbocycles. The van der Waals surface area contributed by atoms with Crippen LogP contribution in [0.5, 0.6) is 0 Å². The van der Waals surface area contributed by atoms with Crippen molar-refractivity contribution in [2.24, 2.45) is 0 Å². The zero-order valence-electron chi connectivity index (χ0n) is 11.6. The van der Waals surface area contributed by atoms with Crippen LogP contribution in [0.4, 0.5) is 0 Å². The minimum atomic E-state index is -1.07. The number of nitrogens with zero attached hydrogens (tertiary/aromatic N) is 1. The maximum atomic E-state index is 11.8. The van der Waals surface area contributed by atoms with Crippen LogP contribution in [0.15, 0.2) is 16.7 Å². The summed E-state index contributed by atoms with van der Waals surface area (Å²) in [5, 5.41) is 15.8. The van der Waals surface area contributed by atoms with Crippen molar-refractivity contribution in [1.82, 2.24) is 10.5 Å². The Bertz CT molecular complexity index is 675. The van der Waals surface area contributed by atoms with E-state index in [4.69, 9.17) is 9.63 Å². The first-order chi connectivity index (χ1) is 9.38. The Labute approximate surface area is 115 Å². The van der Waals surface area contributed by atoms with Gasteiger partial charge in [0.05, 0.1) is 6.42 Å². The number of aromatic nitrogens is 1. The molecule has 6 nitrogen and oxygen atoms in total. The van der Waals surface area contributed by atoms with E-state index in [1.165, 1.54) is 6.92 Å². The van der Waals surface area contributed by atoms with Crippen LogP contribution in [0.25, 0.3) is 11.0 Å². The highest BCUT2D eigenvalue weighted by Gasteiger charge is 2.17. The van der Waals surface area contributed by atoms with E-state index in [1.807, 2.05) is 26.0 Å². The molecule has 0 aliphatic rings. The standard InChI is InChI=1S/C14H16N2O4/c1-7-4-10-11(16-20-12(10)5-8(7)2)6-13(17)15-9(3)14(18)19/h4-5,9H,6H2,1-3H3,(H,15,17)(H,18,19). The van der Waals surface area contributed by atoms with Crippen LogP contribution in [0.1, 0.15) is 23.7 Å². The Kier molecular flexibility index (Phi) is 3.74. The number of carboxylic acid groups (broad SMARTS) is 1. The number of carbonyl (C=O) groups excluding carboxylic acids is 1. The van der Waals surface area contributed by atoms with Crippen molar-refractivity contribution in [2.75, 3.05) is 0 Å². The Morgan fingerprint density at radius 3 is 2.65 bits per heavy atom. The average molecular weight is 276 g/mol. The quantitative estimate of drug-likeness (QED) is 0.884. The predicted octanol–water partition coefficient (Wildman–Crippen LogP) is 1.58. The van der Waals surface area contributed by atoms with Crippen molar-refractivity contribution in [1.29, 1.82) is 0 Å². The van der Waals surface area contributed by atoms with Crippen molar-refractivity contribution < 1.29 is 19.2 Å². The molecular weight excluding hydrogens is 260 g/mol. The summed E-state index contributed by atoms with van der Waals surface area (Å²) in [5.74, 6) is -1.47. The third-order valence-electron chi connectivity index (χ3n) is 3.24. The first kappa shape index (κ1) is 14.0. The molecule has 20 heavy (non-hydrogen) atoms. The third kappa shape index (κ3) is 2.79. The van der Waals surface area contributed by atoms with Crippen LogP contribution in [0.3, 0.4) is 0 Å². The normalized spacial score (nSPS) is 12.3. The molecule has 0 radical (unpaired) electrons. The van der Waals surface area contributed by atoms with Gasteiger partial charge < -0.3 is 14.9 Å². The number of amides is 1. The van der Waals surface area contributed by atoms with Crippen molar-refractivity contribution in [3.8, 4) is 0 Å². The van der Waals surface area contributed by atoms with Gasteiger partial charge in [0.1, 0.15) is 11.7 Å². The molecule has 0 saturated heterocycles. The summed E-state index contributed by atoms with van der Waals surface area (Å²) in [7, 11) is 0. The van der Waals surface area contributed by atoms with E-state index in [9.17, 15) is 9.59 Å². The number of carbonyl (C=O) groups is 2. The molecule has 1 atom stereocenters. The van der Waals surface area contributed by atoms with Crippen LogP contribution in [-0.2, 0) is 16.0 Å². The van der Waals surface area contributed by atoms with Gasteiger partial charge in [0, 0.05) is 5.39 Å². The lowest BCUT2D eigenvalue weighted by Gasteiger charge is -2.08. The number of benzene rings is 1. The molecule has 0 aliphatic heterocycles. The number of nitrogens with one attached hydrogen (secondary N) is 1. The van der Waals surface area contributed by atoms with E-state index >= 15 is 0 Å². The minimum Gasteiger partial charge on any atom is -0.480 e. The van der Waals surface area contributed by atoms with Gasteiger partial charge in [-0.15, -0.1) is 0 Å². The van der Waals surface area contributed by atoms with E-state index in [2.05, 4.69) is 10.5 Å². The molecule has 1 aromatic heterocycles. The molecule has 2 aromatic rings. The summed E-state index contributed by atoms with van der Waals surface area (Å²) >= 11 is 0. The van der Waals surface area contributed by atoms with Crippen molar-refractivity contribution in [3.05, 3.63) is 29.0 Å². The number of fused-ring (bicyclic) bond motifs is 1. The van der Waals surface area contributed by atoms with E-state index in [0.717, 1.165) is 16.5 Å². The van der Waals surface area contributed by atoms with Crippen molar-refractivity contribution >= 4 is 22.8 Å². The number of hydrogen-bond acceptors (Lipinski definition) is 4. The largest absolute Gasteiger partial charge is 0.480 e. The van der Waals surface area contributed by atoms with Gasteiger partial charge in [-0.05, 0) is 44.0 Å². The summed E-state index contributed by atoms with van der Waals surface area (Å²) in [6.07, 6.45) is -0.00682. The lowest BCUT2D eigenvalue weighted by atomic mass is 10.1. The fraction of sp³-hybridized carbons (Fsp3) is 0.357. The molecule has 1 amide bonds. The van der Waals surface area contributed by atoms with Crippen LogP contribution in [0, 0.1) is 13.8 Å². The number of aryl methyl sites for hydroxylation is 2. The summed E-state index contributed by atoms with van der Waals surface area (Å²) in [4.78, 5) is 22.4. The highest BCUT2D eigenvalue weighted by Crippen LogP contribution is 2.22. The summed E-state index contributed by atoms with van der Waals surface area (Å²) in [5.41, 5.74) is 3.31. The highest BCUT2D eigenvalue weighted by atomic mass is 16.5. The first-order valence-corrected chi connectivity index (χ1v) is 6.26. The Hall–Kier alpha value is -2.37. The smallest absolute Gasteiger partial charge is 0.325 e. The molecule has 0 saturated carbocycles. The SMILES string of the molecule is Cc1cc2onc(CC(=O)NC(C)C(=O)O)c2cc1C. The topological polar surface area (TPSA) is 92.4 Å². The second-order valence-electron chi connectivity index (χ2n) is 4.87. The molecule has 2 N–H and O–H groups in total. The van der Waals surface area contributed by atoms with Crippen molar-refractivity contribution in [3.63, 3.8) is 0 Å². The third-order valence-corrected chi connectivity index (χ3v) is 3.24. The molecule has 106 valence electrons. The second kappa shape index (κ2) is 5.32. The fourth-order valence-corrected chi connectivity index (χ4v) is 1.88. The molecule has 0 spiro atoms. The zero-order valence-corrected chi connectivity index (χ0v) is 11.6. The van der Waals surface area contributed by atoms with Crippen LogP contribution < -0.4 is 5.32 Å². The molecule has 1 heterocycles. The molecular formula is C14H16N2O4. The van der Waals surface area contributed by atoms with Gasteiger partial charge in [-0.2, -0.15) is 0 Å². The Balaban J connectivity index is 2.20. The molecule has 0 fully saturated rings. The van der Waals surface area contributed by atoms with E-state index in [-0.39, 0.29) is 6.42 Å². The van der Waals surface area contributed by atoms with Gasteiger partial charge >= 0.3 is 5.97 Å². The molecule has 0 bridgehead atoms. The van der Waals surface area contributed by atoms with E-state index in [0.29, 0.717) is 11.3 Å². The van der Waals surface area contributed by atoms with Gasteiger partial charge in [-0.3, -0.25) is 9.59 Å². The molecule has 2 rings (SSSR count). The monoisotopic (exact) mass is 276 g/mol. The predicted molar refractivity (Wildman–Crippen MR) is 72.4 cm³/mol. The van der Waals surface area contributed by atoms with Gasteiger partial charge in [0.15, 0.2) is 5.58 Å². The van der Waals surface area contributed by atoms with Crippen LogP contribution in [0.2, 0.25) is 0 Å². The number of rotatable bonds is 4. The fourth-order valence-electron chi connectivity index (χ4n) is 1.88. The lowest BCUT2D eigenvalue weighted by Crippen LogP contribution is -2.39. The van der Waals surface area contributed by atoms with E-state index < -0.39 is 17.9 Å². The van der Waals surface area contributed by atoms with Crippen molar-refractivity contribution in [2.45, 2.75) is 33.2 Å². The molecule has 6 heteroatoms. The minimum absolute atomic E-state index is 0.00682. The van der Waals surface area contributed by atoms with Gasteiger partial charge in [-0.1, -0.05) is 5.16 Å². The summed E-state index contributed by atoms with van der Waals surface area (Å²) in [6.45, 7) is 5.35. The average Bonchev–Trinajstić information content (AvgIpc) is 2.72.